The van der Waals surface area contributed by atoms with Gasteiger partial charge in [-0.3, -0.25) is 4.98 Å². The maximum atomic E-state index is 6.31. The molecule has 0 radical (unpaired) electrons. The molecule has 1 N–H and O–H groups in total. The summed E-state index contributed by atoms with van der Waals surface area (Å²) in [7, 11) is 1.66. The standard InChI is InChI=1S/C16H18Cl2N2O/c1-4-19-15(16-14(18)8-11(17)9-20-16)13-6-5-12(21-3)7-10(13)2/h5-9,15,19H,4H2,1-3H3. The van der Waals surface area contributed by atoms with E-state index in [-0.39, 0.29) is 6.04 Å². The second-order valence-electron chi connectivity index (χ2n) is 4.73. The van der Waals surface area contributed by atoms with Gasteiger partial charge in [-0.15, -0.1) is 0 Å². The minimum absolute atomic E-state index is 0.0781. The van der Waals surface area contributed by atoms with Crippen molar-refractivity contribution < 1.29 is 4.74 Å². The predicted molar refractivity (Wildman–Crippen MR) is 87.5 cm³/mol. The molecule has 0 saturated carbocycles. The molecule has 2 rings (SSSR count). The lowest BCUT2D eigenvalue weighted by Crippen LogP contribution is -2.24. The van der Waals surface area contributed by atoms with Crippen molar-refractivity contribution in [3.05, 3.63) is 57.3 Å². The van der Waals surface area contributed by atoms with Gasteiger partial charge in [0.25, 0.3) is 0 Å². The lowest BCUT2D eigenvalue weighted by atomic mass is 9.98. The van der Waals surface area contributed by atoms with Crippen LogP contribution in [0.5, 0.6) is 5.75 Å². The van der Waals surface area contributed by atoms with E-state index in [0.717, 1.165) is 29.1 Å². The van der Waals surface area contributed by atoms with Crippen LogP contribution in [0.2, 0.25) is 10.0 Å². The minimum atomic E-state index is -0.0781. The predicted octanol–water partition coefficient (Wildman–Crippen LogP) is 4.40. The molecule has 1 unspecified atom stereocenters. The molecule has 0 spiro atoms. The van der Waals surface area contributed by atoms with Crippen molar-refractivity contribution >= 4 is 23.2 Å². The van der Waals surface area contributed by atoms with E-state index < -0.39 is 0 Å². The second-order valence-corrected chi connectivity index (χ2v) is 5.58. The first kappa shape index (κ1) is 16.1. The lowest BCUT2D eigenvalue weighted by molar-refractivity contribution is 0.414. The van der Waals surface area contributed by atoms with Crippen LogP contribution in [0.1, 0.15) is 29.8 Å². The fourth-order valence-electron chi connectivity index (χ4n) is 2.29. The Balaban J connectivity index is 2.48. The van der Waals surface area contributed by atoms with E-state index in [4.69, 9.17) is 27.9 Å². The highest BCUT2D eigenvalue weighted by molar-refractivity contribution is 6.34. The molecule has 0 fully saturated rings. The van der Waals surface area contributed by atoms with Gasteiger partial charge < -0.3 is 10.1 Å². The number of pyridine rings is 1. The van der Waals surface area contributed by atoms with E-state index in [0.29, 0.717) is 10.0 Å². The number of halogens is 2. The average molecular weight is 325 g/mol. The summed E-state index contributed by atoms with van der Waals surface area (Å²) in [6.45, 7) is 4.90. The fourth-order valence-corrected chi connectivity index (χ4v) is 2.78. The smallest absolute Gasteiger partial charge is 0.119 e. The van der Waals surface area contributed by atoms with E-state index in [9.17, 15) is 0 Å². The summed E-state index contributed by atoms with van der Waals surface area (Å²) in [6, 6.07) is 7.62. The van der Waals surface area contributed by atoms with Crippen LogP contribution in [-0.4, -0.2) is 18.6 Å². The quantitative estimate of drug-likeness (QED) is 0.884. The molecule has 0 aliphatic rings. The van der Waals surface area contributed by atoms with Crippen molar-refractivity contribution in [1.29, 1.82) is 0 Å². The Hall–Kier alpha value is -1.29. The third-order valence-corrected chi connectivity index (χ3v) is 3.82. The van der Waals surface area contributed by atoms with Crippen LogP contribution in [0.25, 0.3) is 0 Å². The molecular weight excluding hydrogens is 307 g/mol. The normalized spacial score (nSPS) is 12.2. The molecule has 3 nitrogen and oxygen atoms in total. The second kappa shape index (κ2) is 7.12. The average Bonchev–Trinajstić information content (AvgIpc) is 2.46. The van der Waals surface area contributed by atoms with Gasteiger partial charge in [0, 0.05) is 6.20 Å². The molecule has 0 saturated heterocycles. The number of aromatic nitrogens is 1. The molecule has 1 heterocycles. The van der Waals surface area contributed by atoms with E-state index in [2.05, 4.69) is 17.2 Å². The molecule has 2 aromatic rings. The summed E-state index contributed by atoms with van der Waals surface area (Å²) < 4.78 is 5.26. The maximum absolute atomic E-state index is 6.31. The molecule has 0 aliphatic carbocycles. The van der Waals surface area contributed by atoms with Gasteiger partial charge in [0.15, 0.2) is 0 Å². The van der Waals surface area contributed by atoms with Crippen LogP contribution in [0.3, 0.4) is 0 Å². The Morgan fingerprint density at radius 1 is 1.29 bits per heavy atom. The fraction of sp³-hybridized carbons (Fsp3) is 0.312. The molecule has 0 bridgehead atoms. The van der Waals surface area contributed by atoms with Crippen LogP contribution in [0, 0.1) is 6.92 Å². The summed E-state index contributed by atoms with van der Waals surface area (Å²) in [6.07, 6.45) is 1.62. The molecule has 112 valence electrons. The zero-order chi connectivity index (χ0) is 15.4. The van der Waals surface area contributed by atoms with Gasteiger partial charge in [-0.05, 0) is 42.8 Å². The van der Waals surface area contributed by atoms with Gasteiger partial charge in [-0.2, -0.15) is 0 Å². The zero-order valence-corrected chi connectivity index (χ0v) is 13.8. The first-order valence-electron chi connectivity index (χ1n) is 6.75. The highest BCUT2D eigenvalue weighted by atomic mass is 35.5. The van der Waals surface area contributed by atoms with E-state index in [1.807, 2.05) is 25.1 Å². The summed E-state index contributed by atoms with van der Waals surface area (Å²) in [5.41, 5.74) is 3.01. The SMILES string of the molecule is CCNC(c1ccc(OC)cc1C)c1ncc(Cl)cc1Cl. The number of nitrogens with one attached hydrogen (secondary N) is 1. The Labute approximate surface area is 135 Å². The van der Waals surface area contributed by atoms with Crippen molar-refractivity contribution in [2.24, 2.45) is 0 Å². The summed E-state index contributed by atoms with van der Waals surface area (Å²) in [5, 5.41) is 4.51. The highest BCUT2D eigenvalue weighted by Crippen LogP contribution is 2.31. The number of ether oxygens (including phenoxy) is 1. The van der Waals surface area contributed by atoms with Crippen molar-refractivity contribution in [3.63, 3.8) is 0 Å². The van der Waals surface area contributed by atoms with Crippen LogP contribution >= 0.6 is 23.2 Å². The largest absolute Gasteiger partial charge is 0.497 e. The van der Waals surface area contributed by atoms with Crippen LogP contribution in [-0.2, 0) is 0 Å². The zero-order valence-electron chi connectivity index (χ0n) is 12.3. The summed E-state index contributed by atoms with van der Waals surface area (Å²) in [5.74, 6) is 0.835. The van der Waals surface area contributed by atoms with Crippen LogP contribution < -0.4 is 10.1 Å². The number of methoxy groups -OCH3 is 1. The Morgan fingerprint density at radius 2 is 2.05 bits per heavy atom. The van der Waals surface area contributed by atoms with Gasteiger partial charge in [0.2, 0.25) is 0 Å². The number of hydrogen-bond donors (Lipinski definition) is 1. The van der Waals surface area contributed by atoms with E-state index >= 15 is 0 Å². The Bertz CT molecular complexity index is 632. The van der Waals surface area contributed by atoms with Gasteiger partial charge in [0.1, 0.15) is 5.75 Å². The molecule has 0 amide bonds. The molecule has 1 aromatic heterocycles. The van der Waals surface area contributed by atoms with E-state index in [1.54, 1.807) is 19.4 Å². The Morgan fingerprint density at radius 3 is 2.62 bits per heavy atom. The number of rotatable bonds is 5. The molecular formula is C16H18Cl2N2O. The van der Waals surface area contributed by atoms with Crippen molar-refractivity contribution in [1.82, 2.24) is 10.3 Å². The lowest BCUT2D eigenvalue weighted by Gasteiger charge is -2.21. The number of hydrogen-bond acceptors (Lipinski definition) is 3. The van der Waals surface area contributed by atoms with Gasteiger partial charge in [-0.1, -0.05) is 36.2 Å². The summed E-state index contributed by atoms with van der Waals surface area (Å²) >= 11 is 12.2. The van der Waals surface area contributed by atoms with Crippen LogP contribution in [0.15, 0.2) is 30.5 Å². The molecule has 0 aliphatic heterocycles. The number of benzene rings is 1. The highest BCUT2D eigenvalue weighted by Gasteiger charge is 2.20. The van der Waals surface area contributed by atoms with Gasteiger partial charge in [-0.25, -0.2) is 0 Å². The molecule has 21 heavy (non-hydrogen) atoms. The van der Waals surface area contributed by atoms with Gasteiger partial charge in [0.05, 0.1) is 28.9 Å². The third kappa shape index (κ3) is 3.67. The van der Waals surface area contributed by atoms with E-state index in [1.165, 1.54) is 0 Å². The topological polar surface area (TPSA) is 34.1 Å². The van der Waals surface area contributed by atoms with Crippen molar-refractivity contribution in [2.45, 2.75) is 19.9 Å². The van der Waals surface area contributed by atoms with Crippen molar-refractivity contribution in [3.8, 4) is 5.75 Å². The third-order valence-electron chi connectivity index (χ3n) is 3.31. The first-order chi connectivity index (χ1) is 10.1. The van der Waals surface area contributed by atoms with Crippen LogP contribution in [0.4, 0.5) is 0 Å². The maximum Gasteiger partial charge on any atom is 0.119 e. The number of nitrogens with zero attached hydrogens (tertiary/aromatic N) is 1. The molecule has 1 atom stereocenters. The first-order valence-corrected chi connectivity index (χ1v) is 7.51. The molecule has 1 aromatic carbocycles. The monoisotopic (exact) mass is 324 g/mol. The summed E-state index contributed by atoms with van der Waals surface area (Å²) in [4.78, 5) is 4.40. The number of aryl methyl sites for hydroxylation is 1. The van der Waals surface area contributed by atoms with Crippen molar-refractivity contribution in [2.75, 3.05) is 13.7 Å². The van der Waals surface area contributed by atoms with Gasteiger partial charge >= 0.3 is 0 Å². The minimum Gasteiger partial charge on any atom is -0.497 e. The Kier molecular flexibility index (Phi) is 5.45. The molecule has 5 heteroatoms.